The van der Waals surface area contributed by atoms with Gasteiger partial charge in [0, 0.05) is 4.24 Å². The maximum absolute atomic E-state index is 9.29. The van der Waals surface area contributed by atoms with Crippen LogP contribution in [0.3, 0.4) is 0 Å². The van der Waals surface area contributed by atoms with E-state index in [2.05, 4.69) is 0 Å². The van der Waals surface area contributed by atoms with Crippen LogP contribution in [0, 0.1) is 0 Å². The van der Waals surface area contributed by atoms with Crippen LogP contribution in [-0.4, -0.2) is 22.7 Å². The van der Waals surface area contributed by atoms with Crippen LogP contribution < -0.4 is 0 Å². The Hall–Kier alpha value is 0.400. The standard InChI is InChI=1S/C8H14OS2/c1-6(7(2)9)8-10-4-3-5-11-8/h7,9H,3-5H2,1-2H3. The van der Waals surface area contributed by atoms with Gasteiger partial charge < -0.3 is 5.11 Å². The summed E-state index contributed by atoms with van der Waals surface area (Å²) in [5, 5.41) is 9.29. The van der Waals surface area contributed by atoms with Crippen molar-refractivity contribution in [2.45, 2.75) is 26.4 Å². The third-order valence-electron chi connectivity index (χ3n) is 1.70. The minimum Gasteiger partial charge on any atom is -0.389 e. The fourth-order valence-electron chi connectivity index (χ4n) is 0.829. The van der Waals surface area contributed by atoms with E-state index in [-0.39, 0.29) is 6.10 Å². The lowest BCUT2D eigenvalue weighted by Crippen LogP contribution is -2.04. The summed E-state index contributed by atoms with van der Waals surface area (Å²) in [6.45, 7) is 3.85. The molecule has 1 saturated heterocycles. The van der Waals surface area contributed by atoms with Crippen molar-refractivity contribution in [3.63, 3.8) is 0 Å². The van der Waals surface area contributed by atoms with Gasteiger partial charge in [0.05, 0.1) is 6.10 Å². The summed E-state index contributed by atoms with van der Waals surface area (Å²) in [6, 6.07) is 0. The molecule has 0 aromatic carbocycles. The summed E-state index contributed by atoms with van der Waals surface area (Å²) >= 11 is 3.76. The fourth-order valence-corrected chi connectivity index (χ4v) is 3.59. The fraction of sp³-hybridized carbons (Fsp3) is 0.750. The summed E-state index contributed by atoms with van der Waals surface area (Å²) in [7, 11) is 0. The van der Waals surface area contributed by atoms with Crippen molar-refractivity contribution in [2.24, 2.45) is 0 Å². The van der Waals surface area contributed by atoms with Crippen LogP contribution in [0.15, 0.2) is 9.81 Å². The van der Waals surface area contributed by atoms with Crippen molar-refractivity contribution in [3.8, 4) is 0 Å². The van der Waals surface area contributed by atoms with Crippen LogP contribution in [-0.2, 0) is 0 Å². The molecule has 0 spiro atoms. The minimum atomic E-state index is -0.275. The van der Waals surface area contributed by atoms with E-state index in [0.717, 1.165) is 5.57 Å². The average molecular weight is 190 g/mol. The van der Waals surface area contributed by atoms with Crippen molar-refractivity contribution >= 4 is 23.5 Å². The van der Waals surface area contributed by atoms with Gasteiger partial charge in [0.1, 0.15) is 0 Å². The van der Waals surface area contributed by atoms with Crippen molar-refractivity contribution in [2.75, 3.05) is 11.5 Å². The predicted octanol–water partition coefficient (Wildman–Crippen LogP) is 2.47. The second kappa shape index (κ2) is 4.43. The Morgan fingerprint density at radius 2 is 2.00 bits per heavy atom. The number of aliphatic hydroxyl groups excluding tert-OH is 1. The lowest BCUT2D eigenvalue weighted by Gasteiger charge is -2.17. The highest BCUT2D eigenvalue weighted by Crippen LogP contribution is 2.37. The molecule has 64 valence electrons. The number of aliphatic hydroxyl groups is 1. The first-order valence-electron chi connectivity index (χ1n) is 3.86. The van der Waals surface area contributed by atoms with Crippen molar-refractivity contribution < 1.29 is 5.11 Å². The van der Waals surface area contributed by atoms with Gasteiger partial charge in [0.2, 0.25) is 0 Å². The van der Waals surface area contributed by atoms with E-state index in [1.165, 1.54) is 22.2 Å². The van der Waals surface area contributed by atoms with Gasteiger partial charge in [-0.2, -0.15) is 0 Å². The van der Waals surface area contributed by atoms with Crippen molar-refractivity contribution in [3.05, 3.63) is 9.81 Å². The summed E-state index contributed by atoms with van der Waals surface area (Å²) in [5.74, 6) is 2.43. The first-order valence-corrected chi connectivity index (χ1v) is 5.83. The zero-order valence-electron chi connectivity index (χ0n) is 6.96. The summed E-state index contributed by atoms with van der Waals surface area (Å²) in [4.78, 5) is 0. The van der Waals surface area contributed by atoms with Gasteiger partial charge >= 0.3 is 0 Å². The van der Waals surface area contributed by atoms with E-state index in [4.69, 9.17) is 0 Å². The molecule has 0 saturated carbocycles. The molecule has 1 nitrogen and oxygen atoms in total. The van der Waals surface area contributed by atoms with Gasteiger partial charge in [-0.15, -0.1) is 23.5 Å². The SMILES string of the molecule is CC(=C1SCCCS1)C(C)O. The highest BCUT2D eigenvalue weighted by molar-refractivity contribution is 8.22. The first-order chi connectivity index (χ1) is 5.22. The van der Waals surface area contributed by atoms with Crippen LogP contribution >= 0.6 is 23.5 Å². The molecule has 0 aliphatic carbocycles. The largest absolute Gasteiger partial charge is 0.389 e. The molecule has 1 unspecified atom stereocenters. The van der Waals surface area contributed by atoms with Crippen LogP contribution in [0.25, 0.3) is 0 Å². The Balaban J connectivity index is 2.60. The molecule has 1 atom stereocenters. The highest BCUT2D eigenvalue weighted by atomic mass is 32.2. The average Bonchev–Trinajstić information content (AvgIpc) is 2.05. The molecular weight excluding hydrogens is 176 g/mol. The van der Waals surface area contributed by atoms with Crippen LogP contribution in [0.5, 0.6) is 0 Å². The van der Waals surface area contributed by atoms with Gasteiger partial charge in [-0.25, -0.2) is 0 Å². The molecule has 0 bridgehead atoms. The number of rotatable bonds is 1. The van der Waals surface area contributed by atoms with Crippen LogP contribution in [0.2, 0.25) is 0 Å². The smallest absolute Gasteiger partial charge is 0.0738 e. The highest BCUT2D eigenvalue weighted by Gasteiger charge is 2.12. The lowest BCUT2D eigenvalue weighted by molar-refractivity contribution is 0.231. The first kappa shape index (κ1) is 9.49. The van der Waals surface area contributed by atoms with Gasteiger partial charge in [0.25, 0.3) is 0 Å². The van der Waals surface area contributed by atoms with E-state index in [1.54, 1.807) is 0 Å². The third-order valence-corrected chi connectivity index (χ3v) is 4.56. The number of hydrogen-bond acceptors (Lipinski definition) is 3. The summed E-state index contributed by atoms with van der Waals surface area (Å²) < 4.78 is 1.34. The lowest BCUT2D eigenvalue weighted by atomic mass is 10.2. The van der Waals surface area contributed by atoms with E-state index in [9.17, 15) is 5.11 Å². The summed E-state index contributed by atoms with van der Waals surface area (Å²) in [6.07, 6.45) is 1.02. The molecule has 1 aliphatic rings. The molecule has 0 aromatic heterocycles. The zero-order valence-corrected chi connectivity index (χ0v) is 8.60. The maximum Gasteiger partial charge on any atom is 0.0738 e. The topological polar surface area (TPSA) is 20.2 Å². The third kappa shape index (κ3) is 2.73. The van der Waals surface area contributed by atoms with Gasteiger partial charge in [-0.1, -0.05) is 0 Å². The Kier molecular flexibility index (Phi) is 3.82. The summed E-state index contributed by atoms with van der Waals surface area (Å²) in [5.41, 5.74) is 1.14. The molecule has 0 amide bonds. The Bertz CT molecular complexity index is 155. The molecule has 1 rings (SSSR count). The Morgan fingerprint density at radius 1 is 1.45 bits per heavy atom. The normalized spacial score (nSPS) is 21.5. The van der Waals surface area contributed by atoms with E-state index in [1.807, 2.05) is 37.4 Å². The zero-order chi connectivity index (χ0) is 8.27. The molecule has 1 aliphatic heterocycles. The van der Waals surface area contributed by atoms with Crippen LogP contribution in [0.4, 0.5) is 0 Å². The number of hydrogen-bond donors (Lipinski definition) is 1. The van der Waals surface area contributed by atoms with E-state index in [0.29, 0.717) is 0 Å². The molecule has 3 heteroatoms. The Morgan fingerprint density at radius 3 is 2.45 bits per heavy atom. The molecule has 1 fully saturated rings. The second-order valence-electron chi connectivity index (χ2n) is 2.70. The van der Waals surface area contributed by atoms with E-state index >= 15 is 0 Å². The van der Waals surface area contributed by atoms with Crippen LogP contribution in [0.1, 0.15) is 20.3 Å². The maximum atomic E-state index is 9.29. The molecule has 1 N–H and O–H groups in total. The quantitative estimate of drug-likeness (QED) is 0.686. The van der Waals surface area contributed by atoms with Crippen molar-refractivity contribution in [1.29, 1.82) is 0 Å². The molecule has 11 heavy (non-hydrogen) atoms. The van der Waals surface area contributed by atoms with Gasteiger partial charge in [0.15, 0.2) is 0 Å². The molecule has 0 radical (unpaired) electrons. The molecule has 1 heterocycles. The molecular formula is C8H14OS2. The van der Waals surface area contributed by atoms with E-state index < -0.39 is 0 Å². The monoisotopic (exact) mass is 190 g/mol. The number of thioether (sulfide) groups is 2. The Labute approximate surface area is 76.6 Å². The molecule has 0 aromatic rings. The van der Waals surface area contributed by atoms with Crippen molar-refractivity contribution in [1.82, 2.24) is 0 Å². The minimum absolute atomic E-state index is 0.275. The predicted molar refractivity (Wildman–Crippen MR) is 53.9 cm³/mol. The van der Waals surface area contributed by atoms with Gasteiger partial charge in [-0.05, 0) is 37.3 Å². The van der Waals surface area contributed by atoms with Gasteiger partial charge in [-0.3, -0.25) is 0 Å². The second-order valence-corrected chi connectivity index (χ2v) is 5.17.